The van der Waals surface area contributed by atoms with E-state index in [2.05, 4.69) is 58.8 Å². The van der Waals surface area contributed by atoms with Gasteiger partial charge in [-0.2, -0.15) is 0 Å². The van der Waals surface area contributed by atoms with Gasteiger partial charge in [-0.1, -0.05) is 48.0 Å². The summed E-state index contributed by atoms with van der Waals surface area (Å²) in [5.74, 6) is 0.537. The maximum absolute atomic E-state index is 12.5. The number of hydrogen-bond donors (Lipinski definition) is 1. The van der Waals surface area contributed by atoms with Crippen molar-refractivity contribution in [2.75, 3.05) is 13.6 Å². The summed E-state index contributed by atoms with van der Waals surface area (Å²) >= 11 is 0. The van der Waals surface area contributed by atoms with Crippen molar-refractivity contribution in [3.05, 3.63) is 11.3 Å². The van der Waals surface area contributed by atoms with Gasteiger partial charge in [-0.15, -0.1) is 0 Å². The molecule has 0 aliphatic carbocycles. The van der Waals surface area contributed by atoms with Crippen LogP contribution in [-0.2, 0) is 4.79 Å². The number of likely N-dealkylation sites (N-methyl/N-ethyl adjacent to an activating group) is 1. The normalized spacial score (nSPS) is 24.2. The summed E-state index contributed by atoms with van der Waals surface area (Å²) in [5, 5.41) is 3.18. The zero-order chi connectivity index (χ0) is 14.8. The molecule has 1 aliphatic rings. The highest BCUT2D eigenvalue weighted by atomic mass is 16.2. The van der Waals surface area contributed by atoms with E-state index in [-0.39, 0.29) is 17.4 Å². The van der Waals surface area contributed by atoms with Crippen molar-refractivity contribution in [2.24, 2.45) is 11.3 Å². The summed E-state index contributed by atoms with van der Waals surface area (Å²) in [6.45, 7) is 14.0. The molecule has 1 N–H and O–H groups in total. The molecule has 1 unspecified atom stereocenters. The molecule has 3 nitrogen and oxygen atoms in total. The summed E-state index contributed by atoms with van der Waals surface area (Å²) < 4.78 is 0. The minimum atomic E-state index is -0.0219. The summed E-state index contributed by atoms with van der Waals surface area (Å²) in [6, 6.07) is -0.0219. The van der Waals surface area contributed by atoms with Crippen LogP contribution in [0.15, 0.2) is 11.3 Å². The Morgan fingerprint density at radius 2 is 1.95 bits per heavy atom. The second-order valence-electron chi connectivity index (χ2n) is 6.80. The van der Waals surface area contributed by atoms with Crippen molar-refractivity contribution < 1.29 is 4.79 Å². The van der Waals surface area contributed by atoms with Crippen molar-refractivity contribution in [1.29, 1.82) is 0 Å². The van der Waals surface area contributed by atoms with Crippen LogP contribution in [0, 0.1) is 11.3 Å². The molecule has 0 aromatic rings. The Morgan fingerprint density at radius 1 is 1.37 bits per heavy atom. The molecule has 0 fully saturated rings. The van der Waals surface area contributed by atoms with Crippen LogP contribution in [0.3, 0.4) is 0 Å². The van der Waals surface area contributed by atoms with E-state index in [1.54, 1.807) is 0 Å². The maximum atomic E-state index is 12.5. The molecular weight excluding hydrogens is 236 g/mol. The third-order valence-electron chi connectivity index (χ3n) is 4.23. The summed E-state index contributed by atoms with van der Waals surface area (Å²) in [4.78, 5) is 14.7. The van der Waals surface area contributed by atoms with E-state index in [1.165, 1.54) is 5.57 Å². The Labute approximate surface area is 118 Å². The molecule has 0 radical (unpaired) electrons. The Hall–Kier alpha value is -0.830. The first-order valence-electron chi connectivity index (χ1n) is 7.45. The Balaban J connectivity index is 3.14. The molecule has 1 heterocycles. The van der Waals surface area contributed by atoms with Gasteiger partial charge in [0.1, 0.15) is 0 Å². The quantitative estimate of drug-likeness (QED) is 0.851. The van der Waals surface area contributed by atoms with Crippen molar-refractivity contribution in [1.82, 2.24) is 10.2 Å². The molecule has 0 bridgehead atoms. The fraction of sp³-hybridized carbons (Fsp3) is 0.812. The van der Waals surface area contributed by atoms with Crippen LogP contribution < -0.4 is 5.32 Å². The summed E-state index contributed by atoms with van der Waals surface area (Å²) in [6.07, 6.45) is 1.91. The third-order valence-corrected chi connectivity index (χ3v) is 4.23. The van der Waals surface area contributed by atoms with E-state index in [1.807, 2.05) is 0 Å². The number of carbonyl (C=O) groups is 1. The van der Waals surface area contributed by atoms with Crippen LogP contribution in [0.4, 0.5) is 0 Å². The summed E-state index contributed by atoms with van der Waals surface area (Å²) in [7, 11) is 2.07. The van der Waals surface area contributed by atoms with Gasteiger partial charge < -0.3 is 5.32 Å². The Morgan fingerprint density at radius 3 is 2.37 bits per heavy atom. The molecule has 0 saturated carbocycles. The molecule has 1 rings (SSSR count). The molecule has 0 aromatic heterocycles. The molecular formula is C16H30N2O. The lowest BCUT2D eigenvalue weighted by Gasteiger charge is -2.31. The van der Waals surface area contributed by atoms with Crippen molar-refractivity contribution >= 4 is 5.91 Å². The van der Waals surface area contributed by atoms with Gasteiger partial charge in [-0.05, 0) is 30.4 Å². The fourth-order valence-corrected chi connectivity index (χ4v) is 2.85. The van der Waals surface area contributed by atoms with Crippen LogP contribution in [-0.4, -0.2) is 30.4 Å². The van der Waals surface area contributed by atoms with Gasteiger partial charge in [0.2, 0.25) is 5.91 Å². The van der Waals surface area contributed by atoms with Gasteiger partial charge in [0.25, 0.3) is 0 Å². The minimum Gasteiger partial charge on any atom is -0.328 e. The van der Waals surface area contributed by atoms with E-state index in [9.17, 15) is 4.79 Å². The lowest BCUT2D eigenvalue weighted by molar-refractivity contribution is -0.126. The zero-order valence-electron chi connectivity index (χ0n) is 13.6. The third kappa shape index (κ3) is 3.59. The first-order valence-corrected chi connectivity index (χ1v) is 7.45. The van der Waals surface area contributed by atoms with Gasteiger partial charge in [0, 0.05) is 12.2 Å². The van der Waals surface area contributed by atoms with Gasteiger partial charge in [-0.3, -0.25) is 9.69 Å². The number of amides is 1. The molecule has 3 heteroatoms. The monoisotopic (exact) mass is 266 g/mol. The van der Waals surface area contributed by atoms with E-state index in [0.29, 0.717) is 5.92 Å². The van der Waals surface area contributed by atoms with Crippen LogP contribution in [0.5, 0.6) is 0 Å². The maximum Gasteiger partial charge on any atom is 0.241 e. The van der Waals surface area contributed by atoms with Gasteiger partial charge in [-0.25, -0.2) is 0 Å². The predicted octanol–water partition coefficient (Wildman–Crippen LogP) is 3.17. The molecule has 19 heavy (non-hydrogen) atoms. The number of carbonyl (C=O) groups excluding carboxylic acids is 1. The van der Waals surface area contributed by atoms with Crippen molar-refractivity contribution in [3.63, 3.8) is 0 Å². The van der Waals surface area contributed by atoms with E-state index < -0.39 is 0 Å². The zero-order valence-corrected chi connectivity index (χ0v) is 13.6. The lowest BCUT2D eigenvalue weighted by atomic mass is 9.84. The topological polar surface area (TPSA) is 32.3 Å². The predicted molar refractivity (Wildman–Crippen MR) is 80.8 cm³/mol. The first-order chi connectivity index (χ1) is 8.72. The molecule has 1 aliphatic heterocycles. The standard InChI is InChI=1S/C16H30N2O/c1-8-11(3)14-15(19)17-13(9-2)12(10-18(14)7)16(4,5)6/h11,14H,8-10H2,1-7H3,(H,17,19)/t11?,14-/m0/s1. The highest BCUT2D eigenvalue weighted by Crippen LogP contribution is 2.32. The molecule has 0 spiro atoms. The van der Waals surface area contributed by atoms with E-state index in [4.69, 9.17) is 0 Å². The average Bonchev–Trinajstić information content (AvgIpc) is 2.44. The van der Waals surface area contributed by atoms with Crippen LogP contribution >= 0.6 is 0 Å². The van der Waals surface area contributed by atoms with E-state index >= 15 is 0 Å². The van der Waals surface area contributed by atoms with Crippen LogP contribution in [0.25, 0.3) is 0 Å². The van der Waals surface area contributed by atoms with Crippen molar-refractivity contribution in [3.8, 4) is 0 Å². The van der Waals surface area contributed by atoms with Crippen molar-refractivity contribution in [2.45, 2.75) is 60.4 Å². The fourth-order valence-electron chi connectivity index (χ4n) is 2.85. The molecule has 2 atom stereocenters. The minimum absolute atomic E-state index is 0.0219. The number of nitrogens with one attached hydrogen (secondary N) is 1. The smallest absolute Gasteiger partial charge is 0.241 e. The van der Waals surface area contributed by atoms with Gasteiger partial charge in [0.15, 0.2) is 0 Å². The number of allylic oxidation sites excluding steroid dienone is 1. The number of hydrogen-bond acceptors (Lipinski definition) is 2. The molecule has 1 amide bonds. The molecule has 110 valence electrons. The van der Waals surface area contributed by atoms with Gasteiger partial charge >= 0.3 is 0 Å². The second-order valence-corrected chi connectivity index (χ2v) is 6.80. The SMILES string of the molecule is CCC1=C(C(C)(C)C)CN(C)[C@@H](C(C)CC)C(=O)N1. The first kappa shape index (κ1) is 16.2. The number of rotatable bonds is 3. The Bertz CT molecular complexity index is 365. The largest absolute Gasteiger partial charge is 0.328 e. The van der Waals surface area contributed by atoms with E-state index in [0.717, 1.165) is 25.1 Å². The second kappa shape index (κ2) is 6.08. The number of nitrogens with zero attached hydrogens (tertiary/aromatic N) is 1. The van der Waals surface area contributed by atoms with Crippen LogP contribution in [0.2, 0.25) is 0 Å². The lowest BCUT2D eigenvalue weighted by Crippen LogP contribution is -2.46. The Kier molecular flexibility index (Phi) is 5.19. The highest BCUT2D eigenvalue weighted by molar-refractivity contribution is 5.84. The van der Waals surface area contributed by atoms with Gasteiger partial charge in [0.05, 0.1) is 6.04 Å². The summed E-state index contributed by atoms with van der Waals surface area (Å²) in [5.41, 5.74) is 2.57. The molecule has 0 saturated heterocycles. The average molecular weight is 266 g/mol. The molecule has 0 aromatic carbocycles. The highest BCUT2D eigenvalue weighted by Gasteiger charge is 2.34. The van der Waals surface area contributed by atoms with Crippen LogP contribution in [0.1, 0.15) is 54.4 Å².